The zero-order chi connectivity index (χ0) is 20.4. The Morgan fingerprint density at radius 2 is 1.50 bits per heavy atom. The van der Waals surface area contributed by atoms with Crippen LogP contribution in [0.3, 0.4) is 0 Å². The Morgan fingerprint density at radius 1 is 0.964 bits per heavy atom. The summed E-state index contributed by atoms with van der Waals surface area (Å²) in [7, 11) is 1.51. The van der Waals surface area contributed by atoms with Crippen LogP contribution in [0.1, 0.15) is 11.1 Å². The zero-order valence-electron chi connectivity index (χ0n) is 15.7. The highest BCUT2D eigenvalue weighted by molar-refractivity contribution is 5.88. The fourth-order valence-corrected chi connectivity index (χ4v) is 2.93. The van der Waals surface area contributed by atoms with Crippen LogP contribution in [-0.4, -0.2) is 48.1 Å². The van der Waals surface area contributed by atoms with Gasteiger partial charge in [0.15, 0.2) is 0 Å². The van der Waals surface area contributed by atoms with Crippen LogP contribution < -0.4 is 10.6 Å². The number of hydroxylamine groups is 2. The Labute approximate surface area is 164 Å². The molecule has 3 amide bonds. The average molecular weight is 383 g/mol. The maximum atomic E-state index is 12.9. The van der Waals surface area contributed by atoms with E-state index in [1.54, 1.807) is 0 Å². The number of hydrogen-bond acceptors (Lipinski definition) is 4. The molecule has 0 unspecified atom stereocenters. The molecular formula is C21H25N3O4. The van der Waals surface area contributed by atoms with E-state index in [-0.39, 0.29) is 18.9 Å². The highest BCUT2D eigenvalue weighted by atomic mass is 16.5. The molecule has 28 heavy (non-hydrogen) atoms. The number of rotatable bonds is 10. The lowest BCUT2D eigenvalue weighted by Crippen LogP contribution is -2.50. The van der Waals surface area contributed by atoms with Crippen molar-refractivity contribution < 1.29 is 19.6 Å². The van der Waals surface area contributed by atoms with Gasteiger partial charge in [0.1, 0.15) is 6.04 Å². The summed E-state index contributed by atoms with van der Waals surface area (Å²) in [5, 5.41) is 15.4. The molecule has 0 saturated heterocycles. The van der Waals surface area contributed by atoms with E-state index in [0.29, 0.717) is 17.9 Å². The van der Waals surface area contributed by atoms with Gasteiger partial charge in [-0.25, -0.2) is 5.06 Å². The van der Waals surface area contributed by atoms with Gasteiger partial charge in [-0.3, -0.25) is 19.6 Å². The summed E-state index contributed by atoms with van der Waals surface area (Å²) in [6.45, 7) is -0.171. The Morgan fingerprint density at radius 3 is 2.00 bits per heavy atom. The molecule has 0 aromatic heterocycles. The van der Waals surface area contributed by atoms with Gasteiger partial charge >= 0.3 is 0 Å². The van der Waals surface area contributed by atoms with Gasteiger partial charge < -0.3 is 10.6 Å². The van der Waals surface area contributed by atoms with Crippen LogP contribution >= 0.6 is 0 Å². The van der Waals surface area contributed by atoms with Crippen LogP contribution in [0.15, 0.2) is 60.7 Å². The molecule has 0 spiro atoms. The number of carbonyl (C=O) groups excluding carboxylic acids is 3. The first-order valence-electron chi connectivity index (χ1n) is 9.04. The molecule has 0 bridgehead atoms. The van der Waals surface area contributed by atoms with Gasteiger partial charge in [0.25, 0.3) is 0 Å². The van der Waals surface area contributed by atoms with E-state index < -0.39 is 17.9 Å². The summed E-state index contributed by atoms with van der Waals surface area (Å²) in [4.78, 5) is 36.0. The van der Waals surface area contributed by atoms with Gasteiger partial charge in [0.05, 0.1) is 12.5 Å². The average Bonchev–Trinajstić information content (AvgIpc) is 2.73. The van der Waals surface area contributed by atoms with Gasteiger partial charge in [-0.05, 0) is 17.5 Å². The Kier molecular flexibility index (Phi) is 8.17. The SMILES string of the molecule is CNC(=O)[C@H](Cc1ccccc1)NC(=O)[C@H](Cc1ccccc1)CN(O)C=O. The third kappa shape index (κ3) is 6.51. The van der Waals surface area contributed by atoms with Gasteiger partial charge in [-0.15, -0.1) is 0 Å². The zero-order valence-corrected chi connectivity index (χ0v) is 15.7. The minimum atomic E-state index is -0.762. The molecule has 0 aliphatic rings. The molecule has 0 heterocycles. The number of likely N-dealkylation sites (N-methyl/N-ethyl adjacent to an activating group) is 1. The summed E-state index contributed by atoms with van der Waals surface area (Å²) in [6.07, 6.45) is 0.912. The van der Waals surface area contributed by atoms with Crippen LogP contribution in [0.2, 0.25) is 0 Å². The predicted molar refractivity (Wildman–Crippen MR) is 104 cm³/mol. The highest BCUT2D eigenvalue weighted by Crippen LogP contribution is 2.12. The number of nitrogens with one attached hydrogen (secondary N) is 2. The topological polar surface area (TPSA) is 98.7 Å². The van der Waals surface area contributed by atoms with Gasteiger partial charge in [0, 0.05) is 13.5 Å². The molecule has 0 aliphatic heterocycles. The van der Waals surface area contributed by atoms with Crippen molar-refractivity contribution in [3.63, 3.8) is 0 Å². The first-order chi connectivity index (χ1) is 13.5. The summed E-state index contributed by atoms with van der Waals surface area (Å²) >= 11 is 0. The van der Waals surface area contributed by atoms with Crippen LogP contribution in [0.25, 0.3) is 0 Å². The first-order valence-corrected chi connectivity index (χ1v) is 9.04. The van der Waals surface area contributed by atoms with Gasteiger partial charge in [-0.1, -0.05) is 60.7 Å². The lowest BCUT2D eigenvalue weighted by molar-refractivity contribution is -0.154. The fourth-order valence-electron chi connectivity index (χ4n) is 2.93. The number of nitrogens with zero attached hydrogens (tertiary/aromatic N) is 1. The molecular weight excluding hydrogens is 358 g/mol. The van der Waals surface area contributed by atoms with Crippen molar-refractivity contribution in [2.24, 2.45) is 5.92 Å². The number of hydrogen-bond donors (Lipinski definition) is 3. The number of amides is 3. The van der Waals surface area contributed by atoms with E-state index in [9.17, 15) is 19.6 Å². The largest absolute Gasteiger partial charge is 0.357 e. The van der Waals surface area contributed by atoms with E-state index in [2.05, 4.69) is 10.6 Å². The lowest BCUT2D eigenvalue weighted by atomic mass is 9.97. The van der Waals surface area contributed by atoms with Crippen molar-refractivity contribution in [2.75, 3.05) is 13.6 Å². The summed E-state index contributed by atoms with van der Waals surface area (Å²) in [5.41, 5.74) is 1.80. The molecule has 7 nitrogen and oxygen atoms in total. The minimum Gasteiger partial charge on any atom is -0.357 e. The lowest BCUT2D eigenvalue weighted by Gasteiger charge is -2.23. The quantitative estimate of drug-likeness (QED) is 0.326. The predicted octanol–water partition coefficient (Wildman–Crippen LogP) is 1.17. The molecule has 0 fully saturated rings. The first kappa shape index (κ1) is 21.1. The van der Waals surface area contributed by atoms with E-state index >= 15 is 0 Å². The molecule has 0 radical (unpaired) electrons. The van der Waals surface area contributed by atoms with Crippen molar-refractivity contribution in [1.82, 2.24) is 15.7 Å². The van der Waals surface area contributed by atoms with Crippen molar-refractivity contribution in [2.45, 2.75) is 18.9 Å². The molecule has 2 aromatic carbocycles. The second-order valence-corrected chi connectivity index (χ2v) is 6.48. The minimum absolute atomic E-state index is 0.171. The standard InChI is InChI=1S/C21H25N3O4/c1-22-21(27)19(13-17-10-6-3-7-11-17)23-20(26)18(14-24(28)15-25)12-16-8-4-2-5-9-16/h2-11,15,18-19,28H,12-14H2,1H3,(H,22,27)(H,23,26)/t18-,19+/m1/s1. The monoisotopic (exact) mass is 383 g/mol. The molecule has 2 atom stereocenters. The van der Waals surface area contributed by atoms with Crippen molar-refractivity contribution in [3.05, 3.63) is 71.8 Å². The molecule has 2 rings (SSSR count). The fraction of sp³-hybridized carbons (Fsp3) is 0.286. The van der Waals surface area contributed by atoms with Crippen molar-refractivity contribution in [3.8, 4) is 0 Å². The van der Waals surface area contributed by atoms with Crippen molar-refractivity contribution >= 4 is 18.2 Å². The van der Waals surface area contributed by atoms with E-state index in [1.807, 2.05) is 60.7 Å². The van der Waals surface area contributed by atoms with Crippen LogP contribution in [0.5, 0.6) is 0 Å². The third-order valence-corrected chi connectivity index (χ3v) is 4.39. The molecule has 3 N–H and O–H groups in total. The Balaban J connectivity index is 2.14. The van der Waals surface area contributed by atoms with Crippen LogP contribution in [0.4, 0.5) is 0 Å². The third-order valence-electron chi connectivity index (χ3n) is 4.39. The van der Waals surface area contributed by atoms with E-state index in [4.69, 9.17) is 0 Å². The Hall–Kier alpha value is -3.19. The maximum Gasteiger partial charge on any atom is 0.242 e. The Bertz CT molecular complexity index is 768. The van der Waals surface area contributed by atoms with Crippen LogP contribution in [0, 0.1) is 5.92 Å². The molecule has 148 valence electrons. The van der Waals surface area contributed by atoms with Gasteiger partial charge in [-0.2, -0.15) is 0 Å². The molecule has 7 heteroatoms. The maximum absolute atomic E-state index is 12.9. The normalized spacial score (nSPS) is 12.5. The summed E-state index contributed by atoms with van der Waals surface area (Å²) < 4.78 is 0. The highest BCUT2D eigenvalue weighted by Gasteiger charge is 2.27. The molecule has 2 aromatic rings. The number of benzene rings is 2. The smallest absolute Gasteiger partial charge is 0.242 e. The van der Waals surface area contributed by atoms with Crippen molar-refractivity contribution in [1.29, 1.82) is 0 Å². The molecule has 0 aliphatic carbocycles. The van der Waals surface area contributed by atoms with Gasteiger partial charge in [0.2, 0.25) is 18.2 Å². The molecule has 0 saturated carbocycles. The summed E-state index contributed by atoms with van der Waals surface area (Å²) in [5.74, 6) is -1.43. The number of carbonyl (C=O) groups is 3. The second-order valence-electron chi connectivity index (χ2n) is 6.48. The summed E-state index contributed by atoms with van der Waals surface area (Å²) in [6, 6.07) is 17.9. The van der Waals surface area contributed by atoms with E-state index in [0.717, 1.165) is 11.1 Å². The second kappa shape index (κ2) is 10.8. The van der Waals surface area contributed by atoms with E-state index in [1.165, 1.54) is 7.05 Å². The van der Waals surface area contributed by atoms with Crippen LogP contribution in [-0.2, 0) is 27.2 Å².